The highest BCUT2D eigenvalue weighted by atomic mass is 16.4. The summed E-state index contributed by atoms with van der Waals surface area (Å²) in [4.78, 5) is 47.9. The van der Waals surface area contributed by atoms with Crippen molar-refractivity contribution in [1.82, 2.24) is 14.9 Å². The Hall–Kier alpha value is -2.46. The summed E-state index contributed by atoms with van der Waals surface area (Å²) < 4.78 is 1.19. The Morgan fingerprint density at radius 3 is 2.58 bits per heavy atom. The van der Waals surface area contributed by atoms with E-state index in [2.05, 4.69) is 10.3 Å². The number of hydrogen-bond acceptors (Lipinski definition) is 6. The van der Waals surface area contributed by atoms with E-state index in [1.165, 1.54) is 17.7 Å². The van der Waals surface area contributed by atoms with Crippen LogP contribution in [0, 0.1) is 6.92 Å². The molecule has 10 nitrogen and oxygen atoms in total. The number of aromatic amines is 1. The predicted molar refractivity (Wildman–Crippen MR) is 89.8 cm³/mol. The van der Waals surface area contributed by atoms with Gasteiger partial charge in [-0.2, -0.15) is 0 Å². The van der Waals surface area contributed by atoms with Gasteiger partial charge in [0.05, 0.1) is 12.1 Å². The van der Waals surface area contributed by atoms with E-state index in [4.69, 9.17) is 5.11 Å². The van der Waals surface area contributed by atoms with E-state index in [1.807, 2.05) is 0 Å². The van der Waals surface area contributed by atoms with Crippen molar-refractivity contribution in [2.75, 3.05) is 0 Å². The van der Waals surface area contributed by atoms with Gasteiger partial charge < -0.3 is 20.6 Å². The normalized spacial score (nSPS) is 25.7. The number of nitrogens with one attached hydrogen (secondary N) is 2. The van der Waals surface area contributed by atoms with Crippen LogP contribution in [0.15, 0.2) is 15.8 Å². The number of nitrogens with zero attached hydrogens (tertiary/aromatic N) is 1. The van der Waals surface area contributed by atoms with E-state index in [0.717, 1.165) is 0 Å². The number of aliphatic hydroxyl groups excluding tert-OH is 2. The largest absolute Gasteiger partial charge is 0.481 e. The number of carboxylic acid groups (broad SMARTS) is 1. The fourth-order valence-electron chi connectivity index (χ4n) is 3.13. The van der Waals surface area contributed by atoms with Gasteiger partial charge in [0.25, 0.3) is 5.56 Å². The van der Waals surface area contributed by atoms with Gasteiger partial charge in [-0.25, -0.2) is 4.79 Å². The number of aryl methyl sites for hydroxylation is 1. The second-order valence-electron chi connectivity index (χ2n) is 6.53. The number of rotatable bonds is 6. The Morgan fingerprint density at radius 2 is 1.92 bits per heavy atom. The third-order valence-electron chi connectivity index (χ3n) is 4.57. The van der Waals surface area contributed by atoms with Crippen molar-refractivity contribution in [1.29, 1.82) is 0 Å². The van der Waals surface area contributed by atoms with Crippen molar-refractivity contribution in [2.24, 2.45) is 0 Å². The molecule has 1 fully saturated rings. The molecule has 1 saturated carbocycles. The molecule has 5 N–H and O–H groups in total. The Kier molecular flexibility index (Phi) is 6.32. The molecule has 0 aliphatic heterocycles. The van der Waals surface area contributed by atoms with E-state index >= 15 is 0 Å². The smallest absolute Gasteiger partial charge is 0.328 e. The second-order valence-corrected chi connectivity index (χ2v) is 6.53. The zero-order valence-corrected chi connectivity index (χ0v) is 14.3. The highest BCUT2D eigenvalue weighted by Crippen LogP contribution is 2.28. The number of aliphatic hydroxyl groups is 2. The minimum absolute atomic E-state index is 0.00756. The molecule has 1 aromatic rings. The molecule has 2 rings (SSSR count). The number of aromatic nitrogens is 2. The fraction of sp³-hybridized carbons (Fsp3) is 0.625. The molecular weight excluding hydrogens is 346 g/mol. The van der Waals surface area contributed by atoms with Gasteiger partial charge >= 0.3 is 11.7 Å². The summed E-state index contributed by atoms with van der Waals surface area (Å²) in [7, 11) is 0. The van der Waals surface area contributed by atoms with Crippen LogP contribution in [0.2, 0.25) is 0 Å². The van der Waals surface area contributed by atoms with Crippen LogP contribution in [0.5, 0.6) is 0 Å². The summed E-state index contributed by atoms with van der Waals surface area (Å²) in [5.74, 6) is -1.39. The standard InChI is InChI=1S/C16H23N3O7/c1-8-7-19(16(26)18-15(8)25)10-6-5-9(13(23)14(10)24)17-11(20)3-2-4-12(21)22/h7,9-10,13-14,23-24H,2-6H2,1H3,(H,17,20)(H,21,22)(H,18,25,26)/t9-,10-,13-,14+/m1/s1. The summed E-state index contributed by atoms with van der Waals surface area (Å²) in [6, 6.07) is -1.42. The lowest BCUT2D eigenvalue weighted by Crippen LogP contribution is -2.55. The highest BCUT2D eigenvalue weighted by molar-refractivity contribution is 5.77. The maximum Gasteiger partial charge on any atom is 0.328 e. The van der Waals surface area contributed by atoms with Gasteiger partial charge in [0.2, 0.25) is 5.91 Å². The van der Waals surface area contributed by atoms with Crippen molar-refractivity contribution >= 4 is 11.9 Å². The van der Waals surface area contributed by atoms with Crippen LogP contribution in [-0.2, 0) is 9.59 Å². The third kappa shape index (κ3) is 4.58. The molecule has 0 spiro atoms. The zero-order chi connectivity index (χ0) is 19.4. The first kappa shape index (κ1) is 19.9. The summed E-state index contributed by atoms with van der Waals surface area (Å²) in [5, 5.41) is 31.8. The number of aliphatic carboxylic acids is 1. The minimum atomic E-state index is -1.31. The quantitative estimate of drug-likeness (QED) is 0.414. The van der Waals surface area contributed by atoms with Crippen molar-refractivity contribution in [3.8, 4) is 0 Å². The Labute approximate surface area is 148 Å². The summed E-state index contributed by atoms with van der Waals surface area (Å²) in [6.07, 6.45) is -0.573. The minimum Gasteiger partial charge on any atom is -0.481 e. The molecule has 10 heteroatoms. The molecule has 0 aromatic carbocycles. The van der Waals surface area contributed by atoms with E-state index in [1.54, 1.807) is 0 Å². The predicted octanol–water partition coefficient (Wildman–Crippen LogP) is -1.36. The van der Waals surface area contributed by atoms with Crippen molar-refractivity contribution in [3.63, 3.8) is 0 Å². The third-order valence-corrected chi connectivity index (χ3v) is 4.57. The van der Waals surface area contributed by atoms with E-state index < -0.39 is 47.4 Å². The molecule has 0 unspecified atom stereocenters. The van der Waals surface area contributed by atoms with Crippen LogP contribution in [0.3, 0.4) is 0 Å². The fourth-order valence-corrected chi connectivity index (χ4v) is 3.13. The van der Waals surface area contributed by atoms with E-state index in [9.17, 15) is 29.4 Å². The van der Waals surface area contributed by atoms with Crippen molar-refractivity contribution in [2.45, 2.75) is 63.3 Å². The molecular formula is C16H23N3O7. The Bertz CT molecular complexity index is 785. The Morgan fingerprint density at radius 1 is 1.23 bits per heavy atom. The average Bonchev–Trinajstić information content (AvgIpc) is 2.55. The van der Waals surface area contributed by atoms with Crippen LogP contribution >= 0.6 is 0 Å². The molecule has 1 aromatic heterocycles. The first-order chi connectivity index (χ1) is 12.2. The lowest BCUT2D eigenvalue weighted by molar-refractivity contribution is -0.137. The summed E-state index contributed by atoms with van der Waals surface area (Å²) in [6.45, 7) is 1.53. The molecule has 0 bridgehead atoms. The SMILES string of the molecule is Cc1cn([C@@H]2CC[C@@H](NC(=O)CCCC(=O)O)[C@@H](O)[C@H]2O)c(=O)[nH]c1=O. The van der Waals surface area contributed by atoms with Gasteiger partial charge in [0.15, 0.2) is 0 Å². The molecule has 1 amide bonds. The van der Waals surface area contributed by atoms with Crippen LogP contribution in [0.4, 0.5) is 0 Å². The zero-order valence-electron chi connectivity index (χ0n) is 14.3. The Balaban J connectivity index is 2.02. The average molecular weight is 369 g/mol. The maximum absolute atomic E-state index is 12.0. The number of carbonyl (C=O) groups excluding carboxylic acids is 1. The molecule has 1 aliphatic rings. The monoisotopic (exact) mass is 369 g/mol. The van der Waals surface area contributed by atoms with Crippen molar-refractivity contribution in [3.05, 3.63) is 32.6 Å². The first-order valence-corrected chi connectivity index (χ1v) is 8.40. The summed E-state index contributed by atoms with van der Waals surface area (Å²) >= 11 is 0. The van der Waals surface area contributed by atoms with Crippen LogP contribution in [0.25, 0.3) is 0 Å². The van der Waals surface area contributed by atoms with Gasteiger partial charge in [-0.3, -0.25) is 23.9 Å². The number of H-pyrrole nitrogens is 1. The molecule has 0 radical (unpaired) electrons. The summed E-state index contributed by atoms with van der Waals surface area (Å²) in [5.41, 5.74) is -0.878. The topological polar surface area (TPSA) is 162 Å². The van der Waals surface area contributed by atoms with Gasteiger partial charge in [-0.1, -0.05) is 0 Å². The van der Waals surface area contributed by atoms with E-state index in [-0.39, 0.29) is 19.3 Å². The van der Waals surface area contributed by atoms with Crippen LogP contribution < -0.4 is 16.6 Å². The second kappa shape index (κ2) is 8.28. The molecule has 1 heterocycles. The highest BCUT2D eigenvalue weighted by Gasteiger charge is 2.39. The molecule has 0 saturated heterocycles. The lowest BCUT2D eigenvalue weighted by atomic mass is 9.85. The van der Waals surface area contributed by atoms with Gasteiger partial charge in [-0.15, -0.1) is 0 Å². The van der Waals surface area contributed by atoms with Gasteiger partial charge in [-0.05, 0) is 26.2 Å². The maximum atomic E-state index is 12.0. The van der Waals surface area contributed by atoms with Gasteiger partial charge in [0.1, 0.15) is 12.2 Å². The molecule has 4 atom stereocenters. The van der Waals surface area contributed by atoms with Crippen LogP contribution in [0.1, 0.15) is 43.7 Å². The molecule has 1 aliphatic carbocycles. The van der Waals surface area contributed by atoms with Crippen molar-refractivity contribution < 1.29 is 24.9 Å². The molecule has 144 valence electrons. The van der Waals surface area contributed by atoms with Gasteiger partial charge in [0, 0.05) is 24.6 Å². The lowest BCUT2D eigenvalue weighted by Gasteiger charge is -2.38. The number of carbonyl (C=O) groups is 2. The molecule has 26 heavy (non-hydrogen) atoms. The van der Waals surface area contributed by atoms with E-state index in [0.29, 0.717) is 18.4 Å². The number of amides is 1. The van der Waals surface area contributed by atoms with Crippen LogP contribution in [-0.4, -0.2) is 55.0 Å². The number of carboxylic acids is 1. The number of hydrogen-bond donors (Lipinski definition) is 5. The first-order valence-electron chi connectivity index (χ1n) is 8.40.